The minimum atomic E-state index is -0.641. The van der Waals surface area contributed by atoms with E-state index >= 15 is 0 Å². The summed E-state index contributed by atoms with van der Waals surface area (Å²) in [6.07, 6.45) is 0. The molecule has 0 fully saturated rings. The largest absolute Gasteiger partial charge is 0.496 e. The molecule has 4 aromatic rings. The topological polar surface area (TPSA) is 120 Å². The van der Waals surface area contributed by atoms with Gasteiger partial charge in [0.1, 0.15) is 22.3 Å². The van der Waals surface area contributed by atoms with Crippen LogP contribution in [0.4, 0.5) is 17.1 Å². The number of benzene rings is 4. The highest BCUT2D eigenvalue weighted by Gasteiger charge is 2.24. The van der Waals surface area contributed by atoms with Crippen LogP contribution < -0.4 is 20.1 Å². The van der Waals surface area contributed by atoms with Gasteiger partial charge in [-0.2, -0.15) is 0 Å². The highest BCUT2D eigenvalue weighted by molar-refractivity contribution is 8.00. The van der Waals surface area contributed by atoms with Gasteiger partial charge < -0.3 is 20.1 Å². The molecule has 4 aromatic carbocycles. The number of hydrogen-bond donors (Lipinski definition) is 2. The van der Waals surface area contributed by atoms with E-state index in [-0.39, 0.29) is 23.1 Å². The lowest BCUT2D eigenvalue weighted by atomic mass is 10.1. The second-order valence-corrected chi connectivity index (χ2v) is 9.85. The number of aryl methyl sites for hydroxylation is 1. The molecular formula is C30H27N3O6S. The summed E-state index contributed by atoms with van der Waals surface area (Å²) < 4.78 is 10.7. The van der Waals surface area contributed by atoms with Crippen LogP contribution in [0.15, 0.2) is 95.9 Å². The van der Waals surface area contributed by atoms with E-state index in [1.807, 2.05) is 42.5 Å². The standard InChI is InChI=1S/C30H27N3O6S/c1-19-12-15-22(33(36)37)18-24(19)32-30(35)28(20-8-5-4-6-9-20)40-23-16-13-21(14-17-23)31-29(34)27-25(38-2)10-7-11-26(27)39-3/h4-18,28H,1-3H3,(H,31,34)(H,32,35). The van der Waals surface area contributed by atoms with Crippen LogP contribution in [0.5, 0.6) is 11.5 Å². The van der Waals surface area contributed by atoms with Crippen molar-refractivity contribution in [1.29, 1.82) is 0 Å². The van der Waals surface area contributed by atoms with Gasteiger partial charge in [0.05, 0.1) is 24.8 Å². The van der Waals surface area contributed by atoms with Crippen molar-refractivity contribution in [3.05, 3.63) is 118 Å². The van der Waals surface area contributed by atoms with Crippen LogP contribution in [0.25, 0.3) is 0 Å². The van der Waals surface area contributed by atoms with E-state index in [2.05, 4.69) is 10.6 Å². The summed E-state index contributed by atoms with van der Waals surface area (Å²) in [7, 11) is 2.97. The van der Waals surface area contributed by atoms with Crippen LogP contribution >= 0.6 is 11.8 Å². The Morgan fingerprint density at radius 1 is 0.850 bits per heavy atom. The number of ether oxygens (including phenoxy) is 2. The van der Waals surface area contributed by atoms with E-state index in [0.717, 1.165) is 10.5 Å². The molecule has 204 valence electrons. The molecule has 0 heterocycles. The molecule has 0 aliphatic rings. The second-order valence-electron chi connectivity index (χ2n) is 8.67. The quantitative estimate of drug-likeness (QED) is 0.127. The number of nitro groups is 1. The van der Waals surface area contributed by atoms with E-state index in [0.29, 0.717) is 28.4 Å². The summed E-state index contributed by atoms with van der Waals surface area (Å²) in [6, 6.07) is 25.8. The molecule has 10 heteroatoms. The highest BCUT2D eigenvalue weighted by atomic mass is 32.2. The van der Waals surface area contributed by atoms with Crippen molar-refractivity contribution >= 4 is 40.6 Å². The van der Waals surface area contributed by atoms with E-state index in [9.17, 15) is 19.7 Å². The number of carbonyl (C=O) groups excluding carboxylic acids is 2. The fourth-order valence-electron chi connectivity index (χ4n) is 3.98. The normalized spacial score (nSPS) is 11.3. The number of thioether (sulfide) groups is 1. The van der Waals surface area contributed by atoms with Gasteiger partial charge in [-0.1, -0.05) is 42.5 Å². The van der Waals surface area contributed by atoms with Crippen LogP contribution in [0, 0.1) is 17.0 Å². The molecule has 0 spiro atoms. The number of rotatable bonds is 10. The summed E-state index contributed by atoms with van der Waals surface area (Å²) in [5.74, 6) is 0.0727. The van der Waals surface area contributed by atoms with Crippen molar-refractivity contribution in [3.63, 3.8) is 0 Å². The summed E-state index contributed by atoms with van der Waals surface area (Å²) in [5.41, 5.74) is 2.59. The summed E-state index contributed by atoms with van der Waals surface area (Å²) in [4.78, 5) is 38.0. The first-order valence-electron chi connectivity index (χ1n) is 12.2. The monoisotopic (exact) mass is 557 g/mol. The summed E-state index contributed by atoms with van der Waals surface area (Å²) in [6.45, 7) is 1.78. The molecule has 0 saturated carbocycles. The lowest BCUT2D eigenvalue weighted by Crippen LogP contribution is -2.19. The Morgan fingerprint density at radius 3 is 2.10 bits per heavy atom. The van der Waals surface area contributed by atoms with Gasteiger partial charge in [0.25, 0.3) is 11.6 Å². The number of amides is 2. The number of nitro benzene ring substituents is 1. The lowest BCUT2D eigenvalue weighted by molar-refractivity contribution is -0.384. The Balaban J connectivity index is 1.54. The van der Waals surface area contributed by atoms with E-state index in [4.69, 9.17) is 9.47 Å². The molecule has 2 amide bonds. The van der Waals surface area contributed by atoms with Crippen molar-refractivity contribution in [1.82, 2.24) is 0 Å². The molecule has 0 aliphatic carbocycles. The molecule has 9 nitrogen and oxygen atoms in total. The van der Waals surface area contributed by atoms with Crippen LogP contribution in [0.1, 0.15) is 26.7 Å². The smallest absolute Gasteiger partial charge is 0.271 e. The number of nitrogens with one attached hydrogen (secondary N) is 2. The fourth-order valence-corrected chi connectivity index (χ4v) is 5.00. The lowest BCUT2D eigenvalue weighted by Gasteiger charge is -2.18. The maximum Gasteiger partial charge on any atom is 0.271 e. The zero-order valence-corrected chi connectivity index (χ0v) is 22.9. The second kappa shape index (κ2) is 12.8. The molecule has 0 saturated heterocycles. The summed E-state index contributed by atoms with van der Waals surface area (Å²) >= 11 is 1.32. The van der Waals surface area contributed by atoms with Gasteiger partial charge in [0.15, 0.2) is 0 Å². The Bertz CT molecular complexity index is 1500. The first-order chi connectivity index (χ1) is 19.3. The molecule has 0 radical (unpaired) electrons. The molecule has 0 bridgehead atoms. The average Bonchev–Trinajstić information content (AvgIpc) is 2.97. The molecule has 0 aromatic heterocycles. The number of hydrogen-bond acceptors (Lipinski definition) is 7. The van der Waals surface area contributed by atoms with E-state index < -0.39 is 10.2 Å². The Labute approximate surface area is 235 Å². The van der Waals surface area contributed by atoms with Gasteiger partial charge in [0.2, 0.25) is 5.91 Å². The predicted molar refractivity (Wildman–Crippen MR) is 155 cm³/mol. The maximum absolute atomic E-state index is 13.5. The number of carbonyl (C=O) groups is 2. The highest BCUT2D eigenvalue weighted by Crippen LogP contribution is 2.37. The average molecular weight is 558 g/mol. The minimum absolute atomic E-state index is 0.104. The van der Waals surface area contributed by atoms with E-state index in [1.54, 1.807) is 43.3 Å². The Hall–Kier alpha value is -4.83. The van der Waals surface area contributed by atoms with Crippen LogP contribution in [0.2, 0.25) is 0 Å². The number of anilines is 2. The van der Waals surface area contributed by atoms with Gasteiger partial charge in [-0.05, 0) is 54.4 Å². The van der Waals surface area contributed by atoms with Crippen LogP contribution in [-0.2, 0) is 4.79 Å². The Kier molecular flexibility index (Phi) is 9.03. The third-order valence-corrected chi connectivity index (χ3v) is 7.32. The van der Waals surface area contributed by atoms with Crippen molar-refractivity contribution in [3.8, 4) is 11.5 Å². The van der Waals surface area contributed by atoms with Gasteiger partial charge in [0, 0.05) is 22.7 Å². The zero-order valence-electron chi connectivity index (χ0n) is 22.0. The molecule has 1 unspecified atom stereocenters. The van der Waals surface area contributed by atoms with Gasteiger partial charge in [-0.3, -0.25) is 19.7 Å². The van der Waals surface area contributed by atoms with Crippen molar-refractivity contribution in [2.24, 2.45) is 0 Å². The molecule has 1 atom stereocenters. The van der Waals surface area contributed by atoms with Gasteiger partial charge >= 0.3 is 0 Å². The van der Waals surface area contributed by atoms with Gasteiger partial charge in [-0.25, -0.2) is 0 Å². The third-order valence-electron chi connectivity index (χ3n) is 6.05. The van der Waals surface area contributed by atoms with Crippen molar-refractivity contribution in [2.45, 2.75) is 17.1 Å². The van der Waals surface area contributed by atoms with Crippen LogP contribution in [0.3, 0.4) is 0 Å². The van der Waals surface area contributed by atoms with Gasteiger partial charge in [-0.15, -0.1) is 11.8 Å². The van der Waals surface area contributed by atoms with Crippen molar-refractivity contribution in [2.75, 3.05) is 24.9 Å². The molecule has 4 rings (SSSR count). The number of methoxy groups -OCH3 is 2. The maximum atomic E-state index is 13.5. The summed E-state index contributed by atoms with van der Waals surface area (Å²) in [5, 5.41) is 16.3. The number of nitrogens with zero attached hydrogens (tertiary/aromatic N) is 1. The Morgan fingerprint density at radius 2 is 1.50 bits per heavy atom. The van der Waals surface area contributed by atoms with Crippen molar-refractivity contribution < 1.29 is 24.0 Å². The molecule has 2 N–H and O–H groups in total. The zero-order chi connectivity index (χ0) is 28.6. The SMILES string of the molecule is COc1cccc(OC)c1C(=O)Nc1ccc(SC(C(=O)Nc2cc([N+](=O)[O-])ccc2C)c2ccccc2)cc1. The predicted octanol–water partition coefficient (Wildman–Crippen LogP) is 6.64. The van der Waals surface area contributed by atoms with E-state index in [1.165, 1.54) is 38.1 Å². The van der Waals surface area contributed by atoms with Crippen LogP contribution in [-0.4, -0.2) is 31.0 Å². The molecule has 40 heavy (non-hydrogen) atoms. The molecule has 0 aliphatic heterocycles. The third kappa shape index (κ3) is 6.59. The fraction of sp³-hybridized carbons (Fsp3) is 0.133. The molecular weight excluding hydrogens is 530 g/mol. The first-order valence-corrected chi connectivity index (χ1v) is 13.1. The first kappa shape index (κ1) is 28.2. The number of non-ortho nitro benzene ring substituents is 1. The minimum Gasteiger partial charge on any atom is -0.496 e.